The van der Waals surface area contributed by atoms with Crippen LogP contribution in [0.1, 0.15) is 21.6 Å². The molecule has 0 aliphatic carbocycles. The molecule has 2 aromatic carbocycles. The van der Waals surface area contributed by atoms with Gasteiger partial charge in [0.2, 0.25) is 5.88 Å². The van der Waals surface area contributed by atoms with Crippen molar-refractivity contribution in [2.45, 2.75) is 6.42 Å². The van der Waals surface area contributed by atoms with Crippen molar-refractivity contribution in [2.75, 3.05) is 12.4 Å². The summed E-state index contributed by atoms with van der Waals surface area (Å²) in [6, 6.07) is 16.2. The number of carbonyl (C=O) groups is 1. The Balaban J connectivity index is 1.80. The number of carbonyl (C=O) groups excluding carboxylic acids is 1. The lowest BCUT2D eigenvalue weighted by molar-refractivity contribution is 0.102. The SMILES string of the molecule is COc1ccc(NC(=O)c2c(O)[nH]c(Cc3ccccc3)c2O)cc1. The van der Waals surface area contributed by atoms with Gasteiger partial charge in [-0.25, -0.2) is 0 Å². The predicted octanol–water partition coefficient (Wildman–Crippen LogP) is 3.28. The molecular weight excluding hydrogens is 320 g/mol. The Hall–Kier alpha value is -3.41. The lowest BCUT2D eigenvalue weighted by Crippen LogP contribution is -2.11. The number of nitrogens with one attached hydrogen (secondary N) is 2. The van der Waals surface area contributed by atoms with Gasteiger partial charge in [0, 0.05) is 12.1 Å². The number of aromatic amines is 1. The lowest BCUT2D eigenvalue weighted by atomic mass is 10.1. The normalized spacial score (nSPS) is 10.4. The molecule has 0 bridgehead atoms. The molecule has 0 spiro atoms. The number of amides is 1. The molecule has 6 heteroatoms. The summed E-state index contributed by atoms with van der Waals surface area (Å²) in [5.41, 5.74) is 1.67. The molecular formula is C19H18N2O4. The third-order valence-electron chi connectivity index (χ3n) is 3.83. The highest BCUT2D eigenvalue weighted by atomic mass is 16.5. The number of anilines is 1. The van der Waals surface area contributed by atoms with Gasteiger partial charge in [-0.05, 0) is 29.8 Å². The number of hydrogen-bond acceptors (Lipinski definition) is 4. The summed E-state index contributed by atoms with van der Waals surface area (Å²) < 4.78 is 5.06. The minimum atomic E-state index is -0.601. The molecule has 0 saturated carbocycles. The van der Waals surface area contributed by atoms with Crippen LogP contribution in [-0.4, -0.2) is 28.2 Å². The molecule has 0 atom stereocenters. The van der Waals surface area contributed by atoms with Crippen molar-refractivity contribution in [1.82, 2.24) is 4.98 Å². The standard InChI is InChI=1S/C19H18N2O4/c1-25-14-9-7-13(8-10-14)20-18(23)16-17(22)15(21-19(16)24)11-12-5-3-2-4-6-12/h2-10,21-22,24H,11H2,1H3,(H,20,23). The second-order valence-electron chi connectivity index (χ2n) is 5.52. The van der Waals surface area contributed by atoms with Crippen molar-refractivity contribution in [3.63, 3.8) is 0 Å². The van der Waals surface area contributed by atoms with Crippen molar-refractivity contribution in [3.05, 3.63) is 71.4 Å². The first-order valence-corrected chi connectivity index (χ1v) is 7.70. The summed E-state index contributed by atoms with van der Waals surface area (Å²) in [6.45, 7) is 0. The predicted molar refractivity (Wildman–Crippen MR) is 94.3 cm³/mol. The molecule has 3 aromatic rings. The molecule has 0 fully saturated rings. The van der Waals surface area contributed by atoms with Crippen LogP contribution in [0.3, 0.4) is 0 Å². The van der Waals surface area contributed by atoms with E-state index in [1.54, 1.807) is 31.4 Å². The molecule has 1 heterocycles. The average Bonchev–Trinajstić information content (AvgIpc) is 2.90. The number of methoxy groups -OCH3 is 1. The zero-order valence-corrected chi connectivity index (χ0v) is 13.6. The second-order valence-corrected chi connectivity index (χ2v) is 5.52. The van der Waals surface area contributed by atoms with E-state index >= 15 is 0 Å². The fourth-order valence-electron chi connectivity index (χ4n) is 2.54. The van der Waals surface area contributed by atoms with Gasteiger partial charge in [-0.15, -0.1) is 0 Å². The third-order valence-corrected chi connectivity index (χ3v) is 3.83. The highest BCUT2D eigenvalue weighted by Crippen LogP contribution is 2.33. The van der Waals surface area contributed by atoms with Gasteiger partial charge < -0.3 is 25.3 Å². The Morgan fingerprint density at radius 1 is 1.08 bits per heavy atom. The van der Waals surface area contributed by atoms with Crippen LogP contribution < -0.4 is 10.1 Å². The van der Waals surface area contributed by atoms with E-state index in [9.17, 15) is 15.0 Å². The fraction of sp³-hybridized carbons (Fsp3) is 0.105. The highest BCUT2D eigenvalue weighted by Gasteiger charge is 2.23. The van der Waals surface area contributed by atoms with Crippen molar-refractivity contribution >= 4 is 11.6 Å². The van der Waals surface area contributed by atoms with Crippen LogP contribution in [-0.2, 0) is 6.42 Å². The first-order chi connectivity index (χ1) is 12.1. The lowest BCUT2D eigenvalue weighted by Gasteiger charge is -2.06. The van der Waals surface area contributed by atoms with Crippen LogP contribution in [0.15, 0.2) is 54.6 Å². The van der Waals surface area contributed by atoms with Gasteiger partial charge in [-0.2, -0.15) is 0 Å². The van der Waals surface area contributed by atoms with Crippen molar-refractivity contribution in [3.8, 4) is 17.4 Å². The van der Waals surface area contributed by atoms with Crippen LogP contribution in [0.4, 0.5) is 5.69 Å². The van der Waals surface area contributed by atoms with E-state index in [1.165, 1.54) is 0 Å². The minimum Gasteiger partial charge on any atom is -0.505 e. The number of benzene rings is 2. The van der Waals surface area contributed by atoms with Gasteiger partial charge in [-0.1, -0.05) is 30.3 Å². The molecule has 0 radical (unpaired) electrons. The van der Waals surface area contributed by atoms with E-state index < -0.39 is 5.91 Å². The molecule has 0 aliphatic rings. The molecule has 1 aromatic heterocycles. The van der Waals surface area contributed by atoms with E-state index in [4.69, 9.17) is 4.74 Å². The molecule has 25 heavy (non-hydrogen) atoms. The van der Waals surface area contributed by atoms with Gasteiger partial charge in [0.25, 0.3) is 5.91 Å². The van der Waals surface area contributed by atoms with E-state index in [0.29, 0.717) is 23.6 Å². The van der Waals surface area contributed by atoms with Gasteiger partial charge in [0.1, 0.15) is 11.3 Å². The maximum absolute atomic E-state index is 12.4. The Labute approximate surface area is 144 Å². The second kappa shape index (κ2) is 7.00. The molecule has 3 rings (SSSR count). The average molecular weight is 338 g/mol. The molecule has 0 saturated heterocycles. The van der Waals surface area contributed by atoms with Gasteiger partial charge >= 0.3 is 0 Å². The molecule has 1 amide bonds. The summed E-state index contributed by atoms with van der Waals surface area (Å²) in [6.07, 6.45) is 0.371. The quantitative estimate of drug-likeness (QED) is 0.574. The summed E-state index contributed by atoms with van der Waals surface area (Å²) in [5, 5.41) is 23.0. The van der Waals surface area contributed by atoms with Crippen LogP contribution in [0, 0.1) is 0 Å². The maximum Gasteiger partial charge on any atom is 0.264 e. The third kappa shape index (κ3) is 3.58. The maximum atomic E-state index is 12.4. The summed E-state index contributed by atoms with van der Waals surface area (Å²) in [4.78, 5) is 15.1. The number of H-pyrrole nitrogens is 1. The number of ether oxygens (including phenoxy) is 1. The fourth-order valence-corrected chi connectivity index (χ4v) is 2.54. The highest BCUT2D eigenvalue weighted by molar-refractivity contribution is 6.08. The number of aromatic hydroxyl groups is 2. The molecule has 128 valence electrons. The van der Waals surface area contributed by atoms with E-state index in [-0.39, 0.29) is 17.2 Å². The zero-order chi connectivity index (χ0) is 17.8. The summed E-state index contributed by atoms with van der Waals surface area (Å²) in [7, 11) is 1.55. The molecule has 0 aliphatic heterocycles. The van der Waals surface area contributed by atoms with Crippen molar-refractivity contribution < 1.29 is 19.7 Å². The van der Waals surface area contributed by atoms with Crippen LogP contribution >= 0.6 is 0 Å². The van der Waals surface area contributed by atoms with E-state index in [2.05, 4.69) is 10.3 Å². The van der Waals surface area contributed by atoms with Crippen LogP contribution in [0.2, 0.25) is 0 Å². The van der Waals surface area contributed by atoms with Crippen molar-refractivity contribution in [2.24, 2.45) is 0 Å². The smallest absolute Gasteiger partial charge is 0.264 e. The molecule has 0 unspecified atom stereocenters. The molecule has 6 nitrogen and oxygen atoms in total. The van der Waals surface area contributed by atoms with Crippen molar-refractivity contribution in [1.29, 1.82) is 0 Å². The first kappa shape index (κ1) is 16.4. The Morgan fingerprint density at radius 3 is 2.40 bits per heavy atom. The Morgan fingerprint density at radius 2 is 1.76 bits per heavy atom. The van der Waals surface area contributed by atoms with Gasteiger partial charge in [-0.3, -0.25) is 4.79 Å². The summed E-state index contributed by atoms with van der Waals surface area (Å²) in [5.74, 6) is -0.562. The Kier molecular flexibility index (Phi) is 4.61. The van der Waals surface area contributed by atoms with Crippen LogP contribution in [0.25, 0.3) is 0 Å². The van der Waals surface area contributed by atoms with E-state index in [0.717, 1.165) is 5.56 Å². The number of rotatable bonds is 5. The van der Waals surface area contributed by atoms with E-state index in [1.807, 2.05) is 30.3 Å². The minimum absolute atomic E-state index is 0.179. The van der Waals surface area contributed by atoms with Gasteiger partial charge in [0.05, 0.1) is 12.8 Å². The Bertz CT molecular complexity index is 870. The van der Waals surface area contributed by atoms with Gasteiger partial charge in [0.15, 0.2) is 5.75 Å². The monoisotopic (exact) mass is 338 g/mol. The summed E-state index contributed by atoms with van der Waals surface area (Å²) >= 11 is 0. The van der Waals surface area contributed by atoms with Crippen LogP contribution in [0.5, 0.6) is 17.4 Å². The topological polar surface area (TPSA) is 94.6 Å². The zero-order valence-electron chi connectivity index (χ0n) is 13.6. The first-order valence-electron chi connectivity index (χ1n) is 7.70. The number of hydrogen-bond donors (Lipinski definition) is 4. The largest absolute Gasteiger partial charge is 0.505 e. The number of aromatic nitrogens is 1. The molecule has 4 N–H and O–H groups in total.